The minimum absolute atomic E-state index is 0.0416. The number of halogens is 4. The highest BCUT2D eigenvalue weighted by Gasteiger charge is 2.38. The molecule has 0 unspecified atom stereocenters. The average molecular weight is 366 g/mol. The van der Waals surface area contributed by atoms with Crippen LogP contribution < -0.4 is 4.90 Å². The van der Waals surface area contributed by atoms with E-state index in [1.54, 1.807) is 4.90 Å². The molecule has 0 N–H and O–H groups in total. The first-order chi connectivity index (χ1) is 10.9. The monoisotopic (exact) mass is 365 g/mol. The Morgan fingerprint density at radius 3 is 2.52 bits per heavy atom. The van der Waals surface area contributed by atoms with Gasteiger partial charge in [0.2, 0.25) is 5.91 Å². The molecule has 1 aromatic heterocycles. The summed E-state index contributed by atoms with van der Waals surface area (Å²) in [6.45, 7) is 2.42. The zero-order valence-electron chi connectivity index (χ0n) is 12.1. The number of thioether (sulfide) groups is 1. The van der Waals surface area contributed by atoms with Crippen LogP contribution in [0.5, 0.6) is 0 Å². The smallest absolute Gasteiger partial charge is 0.354 e. The Morgan fingerprint density at radius 2 is 1.96 bits per heavy atom. The van der Waals surface area contributed by atoms with Crippen molar-refractivity contribution in [1.29, 1.82) is 0 Å². The minimum atomic E-state index is -4.46. The second kappa shape index (κ2) is 6.39. The number of hydrogen-bond donors (Lipinski definition) is 0. The molecule has 1 amide bonds. The van der Waals surface area contributed by atoms with Gasteiger partial charge in [0.1, 0.15) is 5.82 Å². The molecule has 0 aliphatic carbocycles. The Morgan fingerprint density at radius 1 is 1.30 bits per heavy atom. The Labute approximate surface area is 141 Å². The van der Waals surface area contributed by atoms with Crippen LogP contribution in [0.1, 0.15) is 5.56 Å². The molecule has 2 aliphatic heterocycles. The van der Waals surface area contributed by atoms with Gasteiger partial charge in [0.05, 0.1) is 16.5 Å². The van der Waals surface area contributed by atoms with E-state index in [-0.39, 0.29) is 16.8 Å². The Balaban J connectivity index is 1.62. The summed E-state index contributed by atoms with van der Waals surface area (Å²) in [7, 11) is 0. The van der Waals surface area contributed by atoms with E-state index in [1.807, 2.05) is 16.7 Å². The lowest BCUT2D eigenvalue weighted by Gasteiger charge is -2.42. The molecule has 0 radical (unpaired) electrons. The van der Waals surface area contributed by atoms with Gasteiger partial charge in [-0.25, -0.2) is 4.98 Å². The molecule has 2 saturated heterocycles. The van der Waals surface area contributed by atoms with Crippen LogP contribution in [-0.2, 0) is 11.0 Å². The highest BCUT2D eigenvalue weighted by atomic mass is 35.5. The lowest BCUT2D eigenvalue weighted by Crippen LogP contribution is -2.56. The maximum Gasteiger partial charge on any atom is 0.417 e. The molecular weight excluding hydrogens is 351 g/mol. The van der Waals surface area contributed by atoms with Crippen LogP contribution in [0.4, 0.5) is 19.0 Å². The molecular formula is C14H15ClF3N3OS. The number of carbonyl (C=O) groups excluding carboxylic acids is 1. The van der Waals surface area contributed by atoms with Crippen LogP contribution in [0.3, 0.4) is 0 Å². The van der Waals surface area contributed by atoms with Crippen molar-refractivity contribution in [2.75, 3.05) is 42.6 Å². The molecule has 126 valence electrons. The van der Waals surface area contributed by atoms with Crippen molar-refractivity contribution in [2.24, 2.45) is 5.92 Å². The number of rotatable bonds is 2. The fourth-order valence-corrected chi connectivity index (χ4v) is 3.86. The van der Waals surface area contributed by atoms with Crippen LogP contribution in [0.25, 0.3) is 0 Å². The lowest BCUT2D eigenvalue weighted by atomic mass is 9.98. The van der Waals surface area contributed by atoms with Crippen molar-refractivity contribution in [3.05, 3.63) is 22.8 Å². The molecule has 0 spiro atoms. The van der Waals surface area contributed by atoms with Gasteiger partial charge >= 0.3 is 6.18 Å². The number of amides is 1. The summed E-state index contributed by atoms with van der Waals surface area (Å²) in [5.74, 6) is 2.20. The topological polar surface area (TPSA) is 36.4 Å². The average Bonchev–Trinajstić information content (AvgIpc) is 2.47. The summed E-state index contributed by atoms with van der Waals surface area (Å²) in [5.41, 5.74) is -0.870. The number of aromatic nitrogens is 1. The third-order valence-electron chi connectivity index (χ3n) is 4.00. The van der Waals surface area contributed by atoms with Gasteiger partial charge in [-0.05, 0) is 6.07 Å². The van der Waals surface area contributed by atoms with Crippen molar-refractivity contribution in [3.8, 4) is 0 Å². The standard InChI is InChI=1S/C14H15ClF3N3OS/c15-11-5-10(14(16,17)18)6-19-12(11)21-7-9(8-21)13(22)20-1-3-23-4-2-20/h5-6,9H,1-4,7-8H2. The zero-order chi connectivity index (χ0) is 16.6. The van der Waals surface area contributed by atoms with E-state index in [4.69, 9.17) is 11.6 Å². The summed E-state index contributed by atoms with van der Waals surface area (Å²) in [4.78, 5) is 19.7. The maximum absolute atomic E-state index is 12.6. The molecule has 23 heavy (non-hydrogen) atoms. The minimum Gasteiger partial charge on any atom is -0.354 e. The molecule has 9 heteroatoms. The summed E-state index contributed by atoms with van der Waals surface area (Å²) in [6, 6.07) is 0.876. The summed E-state index contributed by atoms with van der Waals surface area (Å²) >= 11 is 7.75. The molecule has 2 aliphatic rings. The molecule has 0 bridgehead atoms. The molecule has 0 atom stereocenters. The van der Waals surface area contributed by atoms with Gasteiger partial charge < -0.3 is 9.80 Å². The first-order valence-corrected chi connectivity index (χ1v) is 8.74. The number of anilines is 1. The third kappa shape index (κ3) is 3.52. The predicted octanol–water partition coefficient (Wildman–Crippen LogP) is 2.77. The summed E-state index contributed by atoms with van der Waals surface area (Å²) in [5, 5.41) is -0.0416. The second-order valence-electron chi connectivity index (χ2n) is 5.57. The van der Waals surface area contributed by atoms with Crippen LogP contribution in [0.2, 0.25) is 5.02 Å². The van der Waals surface area contributed by atoms with Crippen molar-refractivity contribution < 1.29 is 18.0 Å². The van der Waals surface area contributed by atoms with Gasteiger partial charge in [-0.15, -0.1) is 0 Å². The number of nitrogens with zero attached hydrogens (tertiary/aromatic N) is 3. The van der Waals surface area contributed by atoms with Crippen LogP contribution in [0.15, 0.2) is 12.3 Å². The molecule has 0 saturated carbocycles. The van der Waals surface area contributed by atoms with Crippen molar-refractivity contribution in [3.63, 3.8) is 0 Å². The number of alkyl halides is 3. The summed E-state index contributed by atoms with van der Waals surface area (Å²) < 4.78 is 37.8. The van der Waals surface area contributed by atoms with Gasteiger partial charge in [0.25, 0.3) is 0 Å². The fourth-order valence-electron chi connectivity index (χ4n) is 2.67. The first kappa shape index (κ1) is 16.7. The van der Waals surface area contributed by atoms with Crippen molar-refractivity contribution in [2.45, 2.75) is 6.18 Å². The highest BCUT2D eigenvalue weighted by molar-refractivity contribution is 7.99. The zero-order valence-corrected chi connectivity index (χ0v) is 13.7. The molecule has 4 nitrogen and oxygen atoms in total. The normalized spacial score (nSPS) is 19.7. The third-order valence-corrected chi connectivity index (χ3v) is 5.22. The largest absolute Gasteiger partial charge is 0.417 e. The van der Waals surface area contributed by atoms with E-state index < -0.39 is 11.7 Å². The van der Waals surface area contributed by atoms with E-state index in [0.29, 0.717) is 18.9 Å². The maximum atomic E-state index is 12.6. The quantitative estimate of drug-likeness (QED) is 0.807. The Kier molecular flexibility index (Phi) is 4.64. The summed E-state index contributed by atoms with van der Waals surface area (Å²) in [6.07, 6.45) is -3.69. The SMILES string of the molecule is O=C(C1CN(c2ncc(C(F)(F)F)cc2Cl)C1)N1CCSCC1. The first-order valence-electron chi connectivity index (χ1n) is 7.20. The van der Waals surface area contributed by atoms with Crippen molar-refractivity contribution in [1.82, 2.24) is 9.88 Å². The van der Waals surface area contributed by atoms with Gasteiger partial charge in [-0.3, -0.25) is 4.79 Å². The number of pyridine rings is 1. The van der Waals surface area contributed by atoms with E-state index in [1.165, 1.54) is 0 Å². The predicted molar refractivity (Wildman–Crippen MR) is 83.9 cm³/mol. The fraction of sp³-hybridized carbons (Fsp3) is 0.571. The van der Waals surface area contributed by atoms with E-state index in [9.17, 15) is 18.0 Å². The van der Waals surface area contributed by atoms with Gasteiger partial charge in [-0.2, -0.15) is 24.9 Å². The van der Waals surface area contributed by atoms with Gasteiger partial charge in [0, 0.05) is 43.9 Å². The number of carbonyl (C=O) groups is 1. The second-order valence-corrected chi connectivity index (χ2v) is 7.20. The lowest BCUT2D eigenvalue weighted by molar-refractivity contribution is -0.138. The Bertz CT molecular complexity index is 601. The van der Waals surface area contributed by atoms with Gasteiger partial charge in [-0.1, -0.05) is 11.6 Å². The molecule has 1 aromatic rings. The molecule has 3 heterocycles. The van der Waals surface area contributed by atoms with Crippen LogP contribution >= 0.6 is 23.4 Å². The van der Waals surface area contributed by atoms with Gasteiger partial charge in [0.15, 0.2) is 0 Å². The molecule has 3 rings (SSSR count). The van der Waals surface area contributed by atoms with E-state index in [0.717, 1.165) is 36.9 Å². The Hall–Kier alpha value is -1.15. The highest BCUT2D eigenvalue weighted by Crippen LogP contribution is 2.35. The molecule has 0 aromatic carbocycles. The van der Waals surface area contributed by atoms with Crippen LogP contribution in [0, 0.1) is 5.92 Å². The molecule has 2 fully saturated rings. The van der Waals surface area contributed by atoms with Crippen LogP contribution in [-0.4, -0.2) is 53.5 Å². The van der Waals surface area contributed by atoms with Crippen molar-refractivity contribution >= 4 is 35.1 Å². The van der Waals surface area contributed by atoms with E-state index in [2.05, 4.69) is 4.98 Å². The number of hydrogen-bond acceptors (Lipinski definition) is 4. The van der Waals surface area contributed by atoms with E-state index >= 15 is 0 Å².